The van der Waals surface area contributed by atoms with E-state index in [0.29, 0.717) is 5.69 Å². The Labute approximate surface area is 124 Å². The number of aromatic nitrogens is 1. The van der Waals surface area contributed by atoms with E-state index in [1.165, 1.54) is 18.5 Å². The highest BCUT2D eigenvalue weighted by molar-refractivity contribution is 6.06. The van der Waals surface area contributed by atoms with E-state index in [4.69, 9.17) is 0 Å². The van der Waals surface area contributed by atoms with Crippen LogP contribution in [0.2, 0.25) is 0 Å². The van der Waals surface area contributed by atoms with Crippen LogP contribution in [0.15, 0.2) is 42.7 Å². The number of nitro benzene ring substituents is 1. The highest BCUT2D eigenvalue weighted by atomic mass is 16.6. The Balaban J connectivity index is 2.36. The van der Waals surface area contributed by atoms with Gasteiger partial charge in [-0.15, -0.1) is 0 Å². The molecule has 1 amide bonds. The maximum atomic E-state index is 12.1. The molecule has 0 fully saturated rings. The molecule has 0 unspecified atom stereocenters. The number of hydrogen-bond acceptors (Lipinski definition) is 6. The summed E-state index contributed by atoms with van der Waals surface area (Å²) in [6.07, 6.45) is 2.98. The van der Waals surface area contributed by atoms with Gasteiger partial charge in [0.1, 0.15) is 0 Å². The van der Waals surface area contributed by atoms with Crippen molar-refractivity contribution in [2.24, 2.45) is 0 Å². The fourth-order valence-electron chi connectivity index (χ4n) is 1.72. The molecule has 0 aliphatic heterocycles. The monoisotopic (exact) mass is 301 g/mol. The molecule has 1 aromatic carbocycles. The molecular formula is C14H11N3O5. The van der Waals surface area contributed by atoms with E-state index < -0.39 is 16.8 Å². The molecule has 22 heavy (non-hydrogen) atoms. The molecule has 2 aromatic rings. The molecule has 1 N–H and O–H groups in total. The highest BCUT2D eigenvalue weighted by Crippen LogP contribution is 2.19. The molecule has 0 atom stereocenters. The SMILES string of the molecule is COC(=O)c1cc(C(=O)Nc2ccncc2)cc([N+](=O)[O-])c1. The maximum Gasteiger partial charge on any atom is 0.338 e. The zero-order valence-electron chi connectivity index (χ0n) is 11.5. The van der Waals surface area contributed by atoms with Crippen LogP contribution < -0.4 is 5.32 Å². The third-order valence-corrected chi connectivity index (χ3v) is 2.75. The van der Waals surface area contributed by atoms with Crippen molar-refractivity contribution in [2.75, 3.05) is 12.4 Å². The summed E-state index contributed by atoms with van der Waals surface area (Å²) in [4.78, 5) is 37.7. The number of methoxy groups -OCH3 is 1. The maximum absolute atomic E-state index is 12.1. The van der Waals surface area contributed by atoms with Crippen molar-refractivity contribution in [3.8, 4) is 0 Å². The molecule has 112 valence electrons. The van der Waals surface area contributed by atoms with E-state index in [1.54, 1.807) is 12.1 Å². The molecule has 0 aliphatic rings. The average molecular weight is 301 g/mol. The summed E-state index contributed by atoms with van der Waals surface area (Å²) in [6.45, 7) is 0. The number of nitro groups is 1. The number of esters is 1. The second-order valence-corrected chi connectivity index (χ2v) is 4.21. The second kappa shape index (κ2) is 6.44. The Bertz CT molecular complexity index is 731. The molecular weight excluding hydrogens is 290 g/mol. The van der Waals surface area contributed by atoms with Crippen molar-refractivity contribution in [3.05, 3.63) is 64.0 Å². The predicted octanol–water partition coefficient (Wildman–Crippen LogP) is 2.03. The van der Waals surface area contributed by atoms with Gasteiger partial charge in [-0.25, -0.2) is 4.79 Å². The number of ether oxygens (including phenoxy) is 1. The molecule has 0 saturated heterocycles. The van der Waals surface area contributed by atoms with Gasteiger partial charge >= 0.3 is 5.97 Å². The third-order valence-electron chi connectivity index (χ3n) is 2.75. The Hall–Kier alpha value is -3.29. The van der Waals surface area contributed by atoms with Gasteiger partial charge < -0.3 is 10.1 Å². The number of carbonyl (C=O) groups is 2. The Morgan fingerprint density at radius 1 is 1.18 bits per heavy atom. The topological polar surface area (TPSA) is 111 Å². The summed E-state index contributed by atoms with van der Waals surface area (Å²) in [5.41, 5.74) is 0.0110. The number of carbonyl (C=O) groups excluding carboxylic acids is 2. The fraction of sp³-hybridized carbons (Fsp3) is 0.0714. The van der Waals surface area contributed by atoms with Crippen molar-refractivity contribution >= 4 is 23.3 Å². The smallest absolute Gasteiger partial charge is 0.338 e. The van der Waals surface area contributed by atoms with Crippen LogP contribution >= 0.6 is 0 Å². The van der Waals surface area contributed by atoms with Gasteiger partial charge in [-0.1, -0.05) is 0 Å². The lowest BCUT2D eigenvalue weighted by Crippen LogP contribution is -2.14. The first-order chi connectivity index (χ1) is 10.5. The van der Waals surface area contributed by atoms with Crippen molar-refractivity contribution in [1.29, 1.82) is 0 Å². The van der Waals surface area contributed by atoms with E-state index in [2.05, 4.69) is 15.0 Å². The minimum atomic E-state index is -0.762. The lowest BCUT2D eigenvalue weighted by molar-refractivity contribution is -0.384. The molecule has 8 nitrogen and oxygen atoms in total. The van der Waals surface area contributed by atoms with E-state index >= 15 is 0 Å². The molecule has 0 bridgehead atoms. The van der Waals surface area contributed by atoms with Crippen molar-refractivity contribution in [1.82, 2.24) is 4.98 Å². The van der Waals surface area contributed by atoms with E-state index in [9.17, 15) is 19.7 Å². The van der Waals surface area contributed by atoms with Gasteiger partial charge in [-0.05, 0) is 18.2 Å². The summed E-state index contributed by atoms with van der Waals surface area (Å²) in [5.74, 6) is -1.35. The minimum absolute atomic E-state index is 0.0218. The molecule has 0 saturated carbocycles. The first-order valence-corrected chi connectivity index (χ1v) is 6.10. The molecule has 1 heterocycles. The van der Waals surface area contributed by atoms with Gasteiger partial charge in [0, 0.05) is 35.8 Å². The average Bonchev–Trinajstić information content (AvgIpc) is 2.54. The van der Waals surface area contributed by atoms with E-state index in [0.717, 1.165) is 19.2 Å². The highest BCUT2D eigenvalue weighted by Gasteiger charge is 2.18. The number of benzene rings is 1. The zero-order valence-corrected chi connectivity index (χ0v) is 11.5. The molecule has 0 radical (unpaired) electrons. The number of hydrogen-bond donors (Lipinski definition) is 1. The van der Waals surface area contributed by atoms with Gasteiger partial charge in [0.15, 0.2) is 0 Å². The molecule has 2 rings (SSSR count). The largest absolute Gasteiger partial charge is 0.465 e. The standard InChI is InChI=1S/C14H11N3O5/c1-22-14(19)10-6-9(7-12(8-10)17(20)21)13(18)16-11-2-4-15-5-3-11/h2-8H,1H3,(H,15,16,18). The van der Waals surface area contributed by atoms with Crippen molar-refractivity contribution in [2.45, 2.75) is 0 Å². The fourth-order valence-corrected chi connectivity index (χ4v) is 1.72. The molecule has 0 spiro atoms. The summed E-state index contributed by atoms with van der Waals surface area (Å²) < 4.78 is 4.52. The van der Waals surface area contributed by atoms with Crippen LogP contribution in [0.3, 0.4) is 0 Å². The Morgan fingerprint density at radius 3 is 2.41 bits per heavy atom. The number of amides is 1. The zero-order chi connectivity index (χ0) is 16.1. The first kappa shape index (κ1) is 15.1. The van der Waals surface area contributed by atoms with Crippen LogP contribution in [0.5, 0.6) is 0 Å². The van der Waals surface area contributed by atoms with Crippen molar-refractivity contribution < 1.29 is 19.2 Å². The number of non-ortho nitro benzene ring substituents is 1. The normalized spacial score (nSPS) is 9.86. The van der Waals surface area contributed by atoms with Gasteiger partial charge in [-0.3, -0.25) is 19.9 Å². The van der Waals surface area contributed by atoms with Gasteiger partial charge in [0.05, 0.1) is 17.6 Å². The summed E-state index contributed by atoms with van der Waals surface area (Å²) in [5, 5.41) is 13.5. The third kappa shape index (κ3) is 3.42. The van der Waals surface area contributed by atoms with Crippen LogP contribution in [0.1, 0.15) is 20.7 Å². The second-order valence-electron chi connectivity index (χ2n) is 4.21. The first-order valence-electron chi connectivity index (χ1n) is 6.10. The van der Waals surface area contributed by atoms with Crippen LogP contribution in [0.25, 0.3) is 0 Å². The van der Waals surface area contributed by atoms with Gasteiger partial charge in [0.25, 0.3) is 11.6 Å². The predicted molar refractivity (Wildman–Crippen MR) is 76.6 cm³/mol. The van der Waals surface area contributed by atoms with E-state index in [1.807, 2.05) is 0 Å². The van der Waals surface area contributed by atoms with Crippen molar-refractivity contribution in [3.63, 3.8) is 0 Å². The molecule has 0 aliphatic carbocycles. The Morgan fingerprint density at radius 2 is 1.82 bits per heavy atom. The number of nitrogens with zero attached hydrogens (tertiary/aromatic N) is 2. The lowest BCUT2D eigenvalue weighted by Gasteiger charge is -2.06. The summed E-state index contributed by atoms with van der Waals surface area (Å²) in [6, 6.07) is 6.50. The van der Waals surface area contributed by atoms with Crippen LogP contribution in [0, 0.1) is 10.1 Å². The number of rotatable bonds is 4. The Kier molecular flexibility index (Phi) is 4.42. The van der Waals surface area contributed by atoms with Gasteiger partial charge in [-0.2, -0.15) is 0 Å². The quantitative estimate of drug-likeness (QED) is 0.525. The number of pyridine rings is 1. The van der Waals surface area contributed by atoms with Crippen LogP contribution in [-0.4, -0.2) is 28.9 Å². The van der Waals surface area contributed by atoms with Crippen LogP contribution in [0.4, 0.5) is 11.4 Å². The van der Waals surface area contributed by atoms with Crippen LogP contribution in [-0.2, 0) is 4.74 Å². The minimum Gasteiger partial charge on any atom is -0.465 e. The number of anilines is 1. The number of nitrogens with one attached hydrogen (secondary N) is 1. The summed E-state index contributed by atoms with van der Waals surface area (Å²) in [7, 11) is 1.15. The summed E-state index contributed by atoms with van der Waals surface area (Å²) >= 11 is 0. The molecule has 1 aromatic heterocycles. The lowest BCUT2D eigenvalue weighted by atomic mass is 10.1. The van der Waals surface area contributed by atoms with Gasteiger partial charge in [0.2, 0.25) is 0 Å². The molecule has 8 heteroatoms. The van der Waals surface area contributed by atoms with E-state index in [-0.39, 0.29) is 16.8 Å².